The van der Waals surface area contributed by atoms with Gasteiger partial charge in [0.1, 0.15) is 4.90 Å². The van der Waals surface area contributed by atoms with Crippen molar-refractivity contribution in [1.29, 1.82) is 0 Å². The lowest BCUT2D eigenvalue weighted by Gasteiger charge is -2.24. The predicted octanol–water partition coefficient (Wildman–Crippen LogP) is 4.71. The largest absolute Gasteiger partial charge is 0.324 e. The average Bonchev–Trinajstić information content (AvgIpc) is 3.06. The van der Waals surface area contributed by atoms with E-state index in [2.05, 4.69) is 5.32 Å². The van der Waals surface area contributed by atoms with E-state index in [0.29, 0.717) is 10.7 Å². The average molecular weight is 404 g/mol. The highest BCUT2D eigenvalue weighted by Crippen LogP contribution is 2.46. The Labute approximate surface area is 160 Å². The van der Waals surface area contributed by atoms with Crippen LogP contribution in [0.2, 0.25) is 5.02 Å². The minimum atomic E-state index is -3.70. The molecule has 0 spiro atoms. The van der Waals surface area contributed by atoms with E-state index in [1.807, 2.05) is 18.2 Å². The van der Waals surface area contributed by atoms with E-state index in [-0.39, 0.29) is 28.0 Å². The smallest absolute Gasteiger partial charge is 0.225 e. The number of sulfone groups is 1. The number of thiophene rings is 1. The topological polar surface area (TPSA) is 63.2 Å². The van der Waals surface area contributed by atoms with Gasteiger partial charge in [0.15, 0.2) is 0 Å². The molecule has 1 aliphatic heterocycles. The Hall–Kier alpha value is -2.15. The van der Waals surface area contributed by atoms with Crippen molar-refractivity contribution in [3.63, 3.8) is 0 Å². The third-order valence-electron chi connectivity index (χ3n) is 4.35. The number of hydrogen-bond donors (Lipinski definition) is 1. The third-order valence-corrected chi connectivity index (χ3v) is 7.62. The molecular formula is C19H14ClNO3S2. The normalized spacial score (nSPS) is 16.8. The van der Waals surface area contributed by atoms with Gasteiger partial charge in [0, 0.05) is 27.6 Å². The predicted molar refractivity (Wildman–Crippen MR) is 103 cm³/mol. The first kappa shape index (κ1) is 17.3. The molecule has 0 fully saturated rings. The summed E-state index contributed by atoms with van der Waals surface area (Å²) in [6, 6.07) is 15.6. The Morgan fingerprint density at radius 2 is 1.85 bits per heavy atom. The molecule has 1 N–H and O–H groups in total. The summed E-state index contributed by atoms with van der Waals surface area (Å²) in [5.41, 5.74) is 1.29. The van der Waals surface area contributed by atoms with Gasteiger partial charge in [-0.05, 0) is 29.8 Å². The molecule has 0 unspecified atom stereocenters. The molecule has 0 aliphatic carbocycles. The van der Waals surface area contributed by atoms with Gasteiger partial charge in [0.25, 0.3) is 0 Å². The molecule has 1 atom stereocenters. The standard InChI is InChI=1S/C19H14ClNO3S2/c20-13-6-4-5-12(9-13)15-10-17(22)21-18-16(11-25-19(15)18)26(23,24)14-7-2-1-3-8-14/h1-9,11,15H,10H2,(H,21,22)/t15-/m0/s1. The van der Waals surface area contributed by atoms with Gasteiger partial charge in [-0.15, -0.1) is 11.3 Å². The van der Waals surface area contributed by atoms with Crippen LogP contribution in [-0.2, 0) is 14.6 Å². The van der Waals surface area contributed by atoms with Gasteiger partial charge in [-0.1, -0.05) is 41.9 Å². The van der Waals surface area contributed by atoms with Gasteiger partial charge in [-0.3, -0.25) is 4.79 Å². The second kappa shape index (κ2) is 6.54. The number of nitrogens with one attached hydrogen (secondary N) is 1. The van der Waals surface area contributed by atoms with E-state index in [9.17, 15) is 13.2 Å². The molecule has 1 amide bonds. The van der Waals surface area contributed by atoms with Crippen LogP contribution >= 0.6 is 22.9 Å². The molecule has 132 valence electrons. The van der Waals surface area contributed by atoms with E-state index in [4.69, 9.17) is 11.6 Å². The molecule has 7 heteroatoms. The zero-order valence-electron chi connectivity index (χ0n) is 13.5. The molecule has 1 aromatic heterocycles. The summed E-state index contributed by atoms with van der Waals surface area (Å²) in [4.78, 5) is 13.5. The first-order chi connectivity index (χ1) is 12.5. The second-order valence-electron chi connectivity index (χ2n) is 6.02. The number of carbonyl (C=O) groups is 1. The van der Waals surface area contributed by atoms with Gasteiger partial charge in [-0.2, -0.15) is 0 Å². The summed E-state index contributed by atoms with van der Waals surface area (Å²) in [5.74, 6) is -0.410. The van der Waals surface area contributed by atoms with Crippen LogP contribution in [0.5, 0.6) is 0 Å². The third kappa shape index (κ3) is 2.94. The fourth-order valence-corrected chi connectivity index (χ4v) is 6.25. The lowest BCUT2D eigenvalue weighted by Crippen LogP contribution is -2.23. The number of anilines is 1. The number of hydrogen-bond acceptors (Lipinski definition) is 4. The van der Waals surface area contributed by atoms with Crippen LogP contribution in [0.15, 0.2) is 69.8 Å². The van der Waals surface area contributed by atoms with Crippen molar-refractivity contribution in [1.82, 2.24) is 0 Å². The van der Waals surface area contributed by atoms with Crippen molar-refractivity contribution in [3.8, 4) is 0 Å². The lowest BCUT2D eigenvalue weighted by molar-refractivity contribution is -0.116. The number of rotatable bonds is 3. The Morgan fingerprint density at radius 3 is 2.58 bits per heavy atom. The summed E-state index contributed by atoms with van der Waals surface area (Å²) in [7, 11) is -3.70. The molecule has 3 aromatic rings. The SMILES string of the molecule is O=C1C[C@@H](c2cccc(Cl)c2)c2scc(S(=O)(=O)c3ccccc3)c2N1. The Morgan fingerprint density at radius 1 is 1.08 bits per heavy atom. The van der Waals surface area contributed by atoms with Crippen molar-refractivity contribution in [2.75, 3.05) is 5.32 Å². The molecule has 0 saturated heterocycles. The molecule has 0 bridgehead atoms. The summed E-state index contributed by atoms with van der Waals surface area (Å²) < 4.78 is 26.0. The zero-order chi connectivity index (χ0) is 18.3. The fourth-order valence-electron chi connectivity index (χ4n) is 3.12. The van der Waals surface area contributed by atoms with Gasteiger partial charge >= 0.3 is 0 Å². The monoisotopic (exact) mass is 403 g/mol. The zero-order valence-corrected chi connectivity index (χ0v) is 15.9. The maximum atomic E-state index is 13.0. The van der Waals surface area contributed by atoms with Crippen molar-refractivity contribution in [2.24, 2.45) is 0 Å². The summed E-state index contributed by atoms with van der Waals surface area (Å²) in [6.45, 7) is 0. The molecule has 2 aromatic carbocycles. The molecule has 4 rings (SSSR count). The highest BCUT2D eigenvalue weighted by Gasteiger charge is 2.34. The van der Waals surface area contributed by atoms with Gasteiger partial charge < -0.3 is 5.32 Å². The maximum Gasteiger partial charge on any atom is 0.225 e. The van der Waals surface area contributed by atoms with E-state index in [1.54, 1.807) is 41.8 Å². The minimum absolute atomic E-state index is 0.142. The molecule has 0 saturated carbocycles. The van der Waals surface area contributed by atoms with E-state index in [1.165, 1.54) is 11.3 Å². The summed E-state index contributed by atoms with van der Waals surface area (Å²) in [6.07, 6.45) is 0.263. The molecule has 26 heavy (non-hydrogen) atoms. The van der Waals surface area contributed by atoms with Crippen LogP contribution in [0.25, 0.3) is 0 Å². The molecule has 1 aliphatic rings. The van der Waals surface area contributed by atoms with Gasteiger partial charge in [0.2, 0.25) is 15.7 Å². The Kier molecular flexibility index (Phi) is 4.34. The Balaban J connectivity index is 1.85. The van der Waals surface area contributed by atoms with E-state index < -0.39 is 9.84 Å². The van der Waals surface area contributed by atoms with Crippen LogP contribution in [-0.4, -0.2) is 14.3 Å². The molecule has 4 nitrogen and oxygen atoms in total. The number of benzene rings is 2. The molecule has 0 radical (unpaired) electrons. The highest BCUT2D eigenvalue weighted by atomic mass is 35.5. The van der Waals surface area contributed by atoms with Crippen LogP contribution in [0.4, 0.5) is 5.69 Å². The van der Waals surface area contributed by atoms with Crippen LogP contribution in [0.1, 0.15) is 22.8 Å². The first-order valence-electron chi connectivity index (χ1n) is 7.93. The fraction of sp³-hybridized carbons (Fsp3) is 0.105. The molecule has 2 heterocycles. The quantitative estimate of drug-likeness (QED) is 0.688. The van der Waals surface area contributed by atoms with Crippen LogP contribution < -0.4 is 5.32 Å². The van der Waals surface area contributed by atoms with Crippen LogP contribution in [0, 0.1) is 0 Å². The Bertz CT molecular complexity index is 1090. The lowest BCUT2D eigenvalue weighted by atomic mass is 9.91. The van der Waals surface area contributed by atoms with E-state index >= 15 is 0 Å². The number of carbonyl (C=O) groups excluding carboxylic acids is 1. The number of halogens is 1. The van der Waals surface area contributed by atoms with Gasteiger partial charge in [0.05, 0.1) is 10.6 Å². The van der Waals surface area contributed by atoms with Crippen molar-refractivity contribution >= 4 is 44.4 Å². The number of fused-ring (bicyclic) bond motifs is 1. The second-order valence-corrected chi connectivity index (χ2v) is 9.28. The van der Waals surface area contributed by atoms with Crippen molar-refractivity contribution < 1.29 is 13.2 Å². The highest BCUT2D eigenvalue weighted by molar-refractivity contribution is 7.91. The van der Waals surface area contributed by atoms with E-state index in [0.717, 1.165) is 10.4 Å². The maximum absolute atomic E-state index is 13.0. The van der Waals surface area contributed by atoms with Crippen molar-refractivity contribution in [2.45, 2.75) is 22.1 Å². The van der Waals surface area contributed by atoms with Crippen LogP contribution in [0.3, 0.4) is 0 Å². The van der Waals surface area contributed by atoms with Gasteiger partial charge in [-0.25, -0.2) is 8.42 Å². The molecular weight excluding hydrogens is 390 g/mol. The van der Waals surface area contributed by atoms with Crippen molar-refractivity contribution in [3.05, 3.63) is 75.4 Å². The summed E-state index contributed by atoms with van der Waals surface area (Å²) >= 11 is 7.44. The summed E-state index contributed by atoms with van der Waals surface area (Å²) in [5, 5.41) is 4.95. The number of amides is 1. The first-order valence-corrected chi connectivity index (χ1v) is 10.7. The minimum Gasteiger partial charge on any atom is -0.324 e.